The molecule has 0 bridgehead atoms. The number of ether oxygens (including phenoxy) is 1. The molecule has 1 N–H and O–H groups in total. The number of amides is 1. The maximum Gasteiger partial charge on any atom is 0.265 e. The van der Waals surface area contributed by atoms with Gasteiger partial charge in [0.25, 0.3) is 5.91 Å². The lowest BCUT2D eigenvalue weighted by atomic mass is 9.87. The quantitative estimate of drug-likeness (QED) is 0.579. The number of carbonyl (C=O) groups is 1. The SMILES string of the molecule is Cc1cc(OC(C)C(=O)Nc2ccc(C(C)(C)C)cc2Br)ccc1C(C)C. The molecule has 1 unspecified atom stereocenters. The zero-order valence-electron chi connectivity index (χ0n) is 17.3. The number of halogens is 1. The molecule has 0 saturated carbocycles. The van der Waals surface area contributed by atoms with Crippen molar-refractivity contribution >= 4 is 27.5 Å². The van der Waals surface area contributed by atoms with Crippen LogP contribution in [0.25, 0.3) is 0 Å². The van der Waals surface area contributed by atoms with E-state index in [1.807, 2.05) is 24.3 Å². The Hall–Kier alpha value is -1.81. The lowest BCUT2D eigenvalue weighted by Crippen LogP contribution is -2.30. The second-order valence-electron chi connectivity index (χ2n) is 8.37. The van der Waals surface area contributed by atoms with Crippen molar-refractivity contribution in [1.29, 1.82) is 0 Å². The van der Waals surface area contributed by atoms with Crippen molar-refractivity contribution in [1.82, 2.24) is 0 Å². The molecule has 0 aliphatic heterocycles. The van der Waals surface area contributed by atoms with Gasteiger partial charge in [0.05, 0.1) is 5.69 Å². The maximum atomic E-state index is 12.6. The first kappa shape index (κ1) is 21.5. The van der Waals surface area contributed by atoms with Crippen molar-refractivity contribution in [2.75, 3.05) is 5.32 Å². The fraction of sp³-hybridized carbons (Fsp3) is 0.435. The van der Waals surface area contributed by atoms with Crippen molar-refractivity contribution in [3.8, 4) is 5.75 Å². The highest BCUT2D eigenvalue weighted by Crippen LogP contribution is 2.30. The number of hydrogen-bond acceptors (Lipinski definition) is 2. The van der Waals surface area contributed by atoms with Crippen LogP contribution in [-0.4, -0.2) is 12.0 Å². The minimum absolute atomic E-state index is 0.0570. The summed E-state index contributed by atoms with van der Waals surface area (Å²) in [5, 5.41) is 2.94. The van der Waals surface area contributed by atoms with Crippen molar-refractivity contribution in [3.05, 3.63) is 57.6 Å². The molecule has 27 heavy (non-hydrogen) atoms. The summed E-state index contributed by atoms with van der Waals surface area (Å²) in [6.07, 6.45) is -0.594. The summed E-state index contributed by atoms with van der Waals surface area (Å²) in [6, 6.07) is 12.0. The predicted molar refractivity (Wildman–Crippen MR) is 117 cm³/mol. The summed E-state index contributed by atoms with van der Waals surface area (Å²) < 4.78 is 6.72. The largest absolute Gasteiger partial charge is 0.481 e. The Morgan fingerprint density at radius 3 is 2.26 bits per heavy atom. The molecule has 3 nitrogen and oxygen atoms in total. The number of hydrogen-bond donors (Lipinski definition) is 1. The van der Waals surface area contributed by atoms with Gasteiger partial charge in [-0.25, -0.2) is 0 Å². The molecule has 0 radical (unpaired) electrons. The van der Waals surface area contributed by atoms with Crippen LogP contribution in [0, 0.1) is 6.92 Å². The lowest BCUT2D eigenvalue weighted by Gasteiger charge is -2.21. The van der Waals surface area contributed by atoms with Gasteiger partial charge in [0, 0.05) is 4.47 Å². The third-order valence-corrected chi connectivity index (χ3v) is 5.29. The van der Waals surface area contributed by atoms with Gasteiger partial charge in [0.15, 0.2) is 6.10 Å². The van der Waals surface area contributed by atoms with Crippen LogP contribution in [0.1, 0.15) is 64.2 Å². The zero-order valence-corrected chi connectivity index (χ0v) is 18.9. The van der Waals surface area contributed by atoms with Gasteiger partial charge >= 0.3 is 0 Å². The van der Waals surface area contributed by atoms with E-state index in [9.17, 15) is 4.79 Å². The molecule has 0 aliphatic rings. The molecular weight excluding hydrogens is 402 g/mol. The number of anilines is 1. The molecule has 0 aliphatic carbocycles. The molecule has 4 heteroatoms. The molecule has 2 rings (SSSR count). The Balaban J connectivity index is 2.07. The Bertz CT molecular complexity index is 822. The summed E-state index contributed by atoms with van der Waals surface area (Å²) in [4.78, 5) is 12.6. The highest BCUT2D eigenvalue weighted by Gasteiger charge is 2.19. The minimum Gasteiger partial charge on any atom is -0.481 e. The fourth-order valence-electron chi connectivity index (χ4n) is 2.94. The highest BCUT2D eigenvalue weighted by atomic mass is 79.9. The van der Waals surface area contributed by atoms with E-state index in [-0.39, 0.29) is 11.3 Å². The van der Waals surface area contributed by atoms with Crippen molar-refractivity contribution in [3.63, 3.8) is 0 Å². The van der Waals surface area contributed by atoms with E-state index in [0.29, 0.717) is 11.7 Å². The first-order chi connectivity index (χ1) is 12.5. The Labute approximate surface area is 171 Å². The smallest absolute Gasteiger partial charge is 0.265 e. The third-order valence-electron chi connectivity index (χ3n) is 4.64. The summed E-state index contributed by atoms with van der Waals surface area (Å²) in [5.74, 6) is 1.000. The monoisotopic (exact) mass is 431 g/mol. The number of nitrogens with one attached hydrogen (secondary N) is 1. The highest BCUT2D eigenvalue weighted by molar-refractivity contribution is 9.10. The molecule has 0 heterocycles. The molecule has 1 amide bonds. The normalized spacial score (nSPS) is 12.8. The van der Waals surface area contributed by atoms with E-state index >= 15 is 0 Å². The summed E-state index contributed by atoms with van der Waals surface area (Å²) >= 11 is 3.56. The van der Waals surface area contributed by atoms with Gasteiger partial charge in [-0.2, -0.15) is 0 Å². The average molecular weight is 432 g/mol. The molecule has 0 spiro atoms. The van der Waals surface area contributed by atoms with Crippen molar-refractivity contribution in [2.24, 2.45) is 0 Å². The van der Waals surface area contributed by atoms with E-state index in [4.69, 9.17) is 4.74 Å². The molecule has 2 aromatic rings. The molecule has 2 aromatic carbocycles. The molecular formula is C23H30BrNO2. The van der Waals surface area contributed by atoms with E-state index in [2.05, 4.69) is 74.9 Å². The van der Waals surface area contributed by atoms with Crippen LogP contribution in [0.3, 0.4) is 0 Å². The van der Waals surface area contributed by atoms with E-state index < -0.39 is 6.10 Å². The Morgan fingerprint density at radius 1 is 1.07 bits per heavy atom. The van der Waals surface area contributed by atoms with Crippen LogP contribution >= 0.6 is 15.9 Å². The van der Waals surface area contributed by atoms with Gasteiger partial charge in [-0.05, 0) is 82.1 Å². The summed E-state index contributed by atoms with van der Waals surface area (Å²) in [7, 11) is 0. The van der Waals surface area contributed by atoms with Crippen LogP contribution in [0.15, 0.2) is 40.9 Å². The van der Waals surface area contributed by atoms with Crippen LogP contribution in [0.5, 0.6) is 5.75 Å². The summed E-state index contributed by atoms with van der Waals surface area (Å²) in [5.41, 5.74) is 4.48. The molecule has 146 valence electrons. The van der Waals surface area contributed by atoms with Crippen LogP contribution < -0.4 is 10.1 Å². The second-order valence-corrected chi connectivity index (χ2v) is 9.22. The summed E-state index contributed by atoms with van der Waals surface area (Å²) in [6.45, 7) is 14.7. The van der Waals surface area contributed by atoms with E-state index in [1.54, 1.807) is 6.92 Å². The Morgan fingerprint density at radius 2 is 1.74 bits per heavy atom. The minimum atomic E-state index is -0.594. The zero-order chi connectivity index (χ0) is 20.4. The van der Waals surface area contributed by atoms with Crippen LogP contribution in [-0.2, 0) is 10.2 Å². The van der Waals surface area contributed by atoms with Gasteiger partial charge in [-0.3, -0.25) is 4.79 Å². The number of benzene rings is 2. The number of aryl methyl sites for hydroxylation is 1. The van der Waals surface area contributed by atoms with Gasteiger partial charge in [0.2, 0.25) is 0 Å². The van der Waals surface area contributed by atoms with Gasteiger partial charge in [0.1, 0.15) is 5.75 Å². The second kappa shape index (κ2) is 8.47. The molecule has 0 aromatic heterocycles. The van der Waals surface area contributed by atoms with Gasteiger partial charge < -0.3 is 10.1 Å². The predicted octanol–water partition coefficient (Wildman–Crippen LogP) is 6.58. The van der Waals surface area contributed by atoms with Crippen molar-refractivity contribution < 1.29 is 9.53 Å². The van der Waals surface area contributed by atoms with Crippen LogP contribution in [0.4, 0.5) is 5.69 Å². The maximum absolute atomic E-state index is 12.6. The van der Waals surface area contributed by atoms with Crippen molar-refractivity contribution in [2.45, 2.75) is 65.9 Å². The third kappa shape index (κ3) is 5.58. The lowest BCUT2D eigenvalue weighted by molar-refractivity contribution is -0.122. The first-order valence-electron chi connectivity index (χ1n) is 9.37. The standard InChI is InChI=1S/C23H30BrNO2/c1-14(2)19-10-9-18(12-15(19)3)27-16(4)22(26)25-21-11-8-17(13-20(21)24)23(5,6)7/h8-14,16H,1-7H3,(H,25,26). The Kier molecular flexibility index (Phi) is 6.74. The first-order valence-corrected chi connectivity index (χ1v) is 10.2. The van der Waals surface area contributed by atoms with Gasteiger partial charge in [-0.1, -0.05) is 46.8 Å². The topological polar surface area (TPSA) is 38.3 Å². The van der Waals surface area contributed by atoms with Crippen LogP contribution in [0.2, 0.25) is 0 Å². The average Bonchev–Trinajstić information content (AvgIpc) is 2.55. The molecule has 0 saturated heterocycles. The van der Waals surface area contributed by atoms with E-state index in [0.717, 1.165) is 10.2 Å². The molecule has 1 atom stereocenters. The van der Waals surface area contributed by atoms with E-state index in [1.165, 1.54) is 16.7 Å². The fourth-order valence-corrected chi connectivity index (χ4v) is 3.42. The van der Waals surface area contributed by atoms with Gasteiger partial charge in [-0.15, -0.1) is 0 Å². The number of rotatable bonds is 5. The molecule has 0 fully saturated rings. The number of carbonyl (C=O) groups excluding carboxylic acids is 1.